The van der Waals surface area contributed by atoms with Crippen LogP contribution in [0.4, 0.5) is 11.4 Å². The number of halogens is 1. The number of nitrogens with one attached hydrogen (secondary N) is 3. The second kappa shape index (κ2) is 9.00. The number of para-hydroxylation sites is 1. The van der Waals surface area contributed by atoms with E-state index in [0.29, 0.717) is 16.9 Å². The molecule has 0 fully saturated rings. The fourth-order valence-electron chi connectivity index (χ4n) is 2.23. The van der Waals surface area contributed by atoms with E-state index in [1.54, 1.807) is 30.3 Å². The Hall–Kier alpha value is -2.87. The van der Waals surface area contributed by atoms with E-state index in [2.05, 4.69) is 31.9 Å². The van der Waals surface area contributed by atoms with Gasteiger partial charge >= 0.3 is 0 Å². The van der Waals surface area contributed by atoms with Crippen molar-refractivity contribution in [3.63, 3.8) is 0 Å². The number of carbonyl (C=O) groups is 3. The van der Waals surface area contributed by atoms with Crippen LogP contribution in [0.5, 0.6) is 0 Å². The summed E-state index contributed by atoms with van der Waals surface area (Å²) in [4.78, 5) is 35.2. The summed E-state index contributed by atoms with van der Waals surface area (Å²) in [5.74, 6) is -1.30. The molecule has 2 aromatic carbocycles. The van der Waals surface area contributed by atoms with Crippen LogP contribution in [0.15, 0.2) is 46.9 Å². The maximum absolute atomic E-state index is 12.0. The van der Waals surface area contributed by atoms with E-state index in [1.165, 1.54) is 0 Å². The predicted octanol–water partition coefficient (Wildman–Crippen LogP) is 2.02. The highest BCUT2D eigenvalue weighted by atomic mass is 79.9. The zero-order valence-corrected chi connectivity index (χ0v) is 15.7. The third-order valence-electron chi connectivity index (χ3n) is 3.54. The molecule has 0 atom stereocenters. The van der Waals surface area contributed by atoms with Crippen molar-refractivity contribution in [2.75, 3.05) is 23.7 Å². The Bertz CT molecular complexity index is 839. The second-order valence-electron chi connectivity index (χ2n) is 5.55. The van der Waals surface area contributed by atoms with Crippen LogP contribution in [0.3, 0.4) is 0 Å². The van der Waals surface area contributed by atoms with Gasteiger partial charge in [-0.25, -0.2) is 0 Å². The van der Waals surface area contributed by atoms with Gasteiger partial charge in [-0.05, 0) is 42.8 Å². The highest BCUT2D eigenvalue weighted by Crippen LogP contribution is 2.19. The van der Waals surface area contributed by atoms with Crippen LogP contribution in [0.25, 0.3) is 0 Å². The van der Waals surface area contributed by atoms with Gasteiger partial charge in [0.1, 0.15) is 0 Å². The Morgan fingerprint density at radius 2 is 1.73 bits per heavy atom. The number of amides is 3. The third-order valence-corrected chi connectivity index (χ3v) is 4.03. The maximum atomic E-state index is 12.0. The molecular formula is C18H19BrN4O3. The lowest BCUT2D eigenvalue weighted by molar-refractivity contribution is -0.122. The van der Waals surface area contributed by atoms with E-state index >= 15 is 0 Å². The van der Waals surface area contributed by atoms with Gasteiger partial charge < -0.3 is 21.7 Å². The van der Waals surface area contributed by atoms with Gasteiger partial charge in [0.25, 0.3) is 5.91 Å². The summed E-state index contributed by atoms with van der Waals surface area (Å²) in [5, 5.41) is 8.08. The number of aryl methyl sites for hydroxylation is 1. The molecule has 0 aliphatic heterocycles. The lowest BCUT2D eigenvalue weighted by Gasteiger charge is -2.11. The second-order valence-corrected chi connectivity index (χ2v) is 6.46. The van der Waals surface area contributed by atoms with Gasteiger partial charge in [-0.2, -0.15) is 0 Å². The summed E-state index contributed by atoms with van der Waals surface area (Å²) in [6.07, 6.45) is 0. The quantitative estimate of drug-likeness (QED) is 0.550. The molecule has 2 rings (SSSR count). The average molecular weight is 419 g/mol. The molecule has 0 radical (unpaired) electrons. The van der Waals surface area contributed by atoms with E-state index in [-0.39, 0.29) is 24.9 Å². The summed E-state index contributed by atoms with van der Waals surface area (Å²) in [7, 11) is 0. The molecule has 0 unspecified atom stereocenters. The van der Waals surface area contributed by atoms with Crippen LogP contribution in [-0.2, 0) is 9.59 Å². The Kier molecular flexibility index (Phi) is 6.74. The highest BCUT2D eigenvalue weighted by Gasteiger charge is 2.10. The fraction of sp³-hybridized carbons (Fsp3) is 0.167. The van der Waals surface area contributed by atoms with Crippen molar-refractivity contribution in [2.24, 2.45) is 5.73 Å². The first-order chi connectivity index (χ1) is 12.4. The summed E-state index contributed by atoms with van der Waals surface area (Å²) in [6.45, 7) is 1.63. The Balaban J connectivity index is 1.81. The van der Waals surface area contributed by atoms with Crippen molar-refractivity contribution in [1.29, 1.82) is 0 Å². The van der Waals surface area contributed by atoms with Gasteiger partial charge in [-0.1, -0.05) is 28.1 Å². The molecular weight excluding hydrogens is 400 g/mol. The Morgan fingerprint density at radius 1 is 1.00 bits per heavy atom. The number of benzene rings is 2. The molecule has 3 amide bonds. The first-order valence-corrected chi connectivity index (χ1v) is 8.61. The molecule has 0 saturated heterocycles. The van der Waals surface area contributed by atoms with E-state index in [1.807, 2.05) is 19.1 Å². The molecule has 0 aliphatic rings. The fourth-order valence-corrected chi connectivity index (χ4v) is 2.71. The molecule has 0 spiro atoms. The molecule has 26 heavy (non-hydrogen) atoms. The molecule has 136 valence electrons. The highest BCUT2D eigenvalue weighted by molar-refractivity contribution is 9.10. The lowest BCUT2D eigenvalue weighted by Crippen LogP contribution is -2.36. The SMILES string of the molecule is Cc1cc(Br)ccc1NC(=O)CNC(=O)CNc1ccccc1C(N)=O. The van der Waals surface area contributed by atoms with Crippen LogP contribution in [0.2, 0.25) is 0 Å². The van der Waals surface area contributed by atoms with Gasteiger partial charge in [0.15, 0.2) is 0 Å². The van der Waals surface area contributed by atoms with Gasteiger partial charge in [-0.15, -0.1) is 0 Å². The van der Waals surface area contributed by atoms with Gasteiger partial charge in [0.05, 0.1) is 18.7 Å². The van der Waals surface area contributed by atoms with Gasteiger partial charge in [0, 0.05) is 15.8 Å². The minimum absolute atomic E-state index is 0.0884. The number of primary amides is 1. The Labute approximate surface area is 159 Å². The molecule has 0 aromatic heterocycles. The summed E-state index contributed by atoms with van der Waals surface area (Å²) in [5.41, 5.74) is 7.62. The third kappa shape index (κ3) is 5.59. The first-order valence-electron chi connectivity index (χ1n) is 7.82. The van der Waals surface area contributed by atoms with Crippen molar-refractivity contribution in [3.05, 3.63) is 58.1 Å². The number of anilines is 2. The summed E-state index contributed by atoms with van der Waals surface area (Å²) in [6, 6.07) is 12.1. The zero-order valence-electron chi connectivity index (χ0n) is 14.1. The number of rotatable bonds is 7. The van der Waals surface area contributed by atoms with E-state index < -0.39 is 5.91 Å². The van der Waals surface area contributed by atoms with Crippen molar-refractivity contribution in [2.45, 2.75) is 6.92 Å². The van der Waals surface area contributed by atoms with Crippen molar-refractivity contribution in [1.82, 2.24) is 5.32 Å². The van der Waals surface area contributed by atoms with Gasteiger partial charge in [-0.3, -0.25) is 14.4 Å². The Morgan fingerprint density at radius 3 is 2.42 bits per heavy atom. The van der Waals surface area contributed by atoms with Crippen LogP contribution in [-0.4, -0.2) is 30.8 Å². The number of hydrogen-bond donors (Lipinski definition) is 4. The van der Waals surface area contributed by atoms with E-state index in [9.17, 15) is 14.4 Å². The smallest absolute Gasteiger partial charge is 0.250 e. The molecule has 0 saturated carbocycles. The minimum atomic E-state index is -0.585. The number of carbonyl (C=O) groups excluding carboxylic acids is 3. The molecule has 0 aliphatic carbocycles. The van der Waals surface area contributed by atoms with E-state index in [4.69, 9.17) is 5.73 Å². The topological polar surface area (TPSA) is 113 Å². The molecule has 8 heteroatoms. The summed E-state index contributed by atoms with van der Waals surface area (Å²) >= 11 is 3.36. The molecule has 0 bridgehead atoms. The van der Waals surface area contributed by atoms with Crippen molar-refractivity contribution >= 4 is 45.0 Å². The maximum Gasteiger partial charge on any atom is 0.250 e. The zero-order chi connectivity index (χ0) is 19.1. The van der Waals surface area contributed by atoms with Crippen LogP contribution in [0.1, 0.15) is 15.9 Å². The normalized spacial score (nSPS) is 10.1. The largest absolute Gasteiger partial charge is 0.376 e. The molecule has 7 nitrogen and oxygen atoms in total. The van der Waals surface area contributed by atoms with Crippen LogP contribution < -0.4 is 21.7 Å². The van der Waals surface area contributed by atoms with Gasteiger partial charge in [0.2, 0.25) is 11.8 Å². The molecule has 2 aromatic rings. The van der Waals surface area contributed by atoms with E-state index in [0.717, 1.165) is 10.0 Å². The van der Waals surface area contributed by atoms with Crippen molar-refractivity contribution < 1.29 is 14.4 Å². The standard InChI is InChI=1S/C18H19BrN4O3/c1-11-8-12(19)6-7-14(11)23-17(25)10-22-16(24)9-21-15-5-3-2-4-13(15)18(20)26/h2-8,21H,9-10H2,1H3,(H2,20,26)(H,22,24)(H,23,25). The predicted molar refractivity (Wildman–Crippen MR) is 104 cm³/mol. The average Bonchev–Trinajstić information content (AvgIpc) is 2.60. The van der Waals surface area contributed by atoms with Crippen molar-refractivity contribution in [3.8, 4) is 0 Å². The van der Waals surface area contributed by atoms with Crippen LogP contribution >= 0.6 is 15.9 Å². The minimum Gasteiger partial charge on any atom is -0.376 e. The lowest BCUT2D eigenvalue weighted by atomic mass is 10.1. The first kappa shape index (κ1) is 19.5. The monoisotopic (exact) mass is 418 g/mol. The summed E-state index contributed by atoms with van der Waals surface area (Å²) < 4.78 is 0.920. The number of hydrogen-bond acceptors (Lipinski definition) is 4. The van der Waals surface area contributed by atoms with Crippen LogP contribution in [0, 0.1) is 6.92 Å². The number of nitrogens with two attached hydrogens (primary N) is 1. The molecule has 0 heterocycles. The molecule has 5 N–H and O–H groups in total.